The average Bonchev–Trinajstić information content (AvgIpc) is 2.34. The minimum atomic E-state index is -1.17. The largest absolute Gasteiger partial charge is 0.460 e. The van der Waals surface area contributed by atoms with Crippen molar-refractivity contribution in [1.82, 2.24) is 0 Å². The van der Waals surface area contributed by atoms with Gasteiger partial charge >= 0.3 is 11.9 Å². The fraction of sp³-hybridized carbons (Fsp3) is 0.842. The fourth-order valence-electron chi connectivity index (χ4n) is 3.80. The van der Waals surface area contributed by atoms with E-state index in [1.807, 2.05) is 20.8 Å². The first-order valence-corrected chi connectivity index (χ1v) is 8.85. The highest BCUT2D eigenvalue weighted by molar-refractivity contribution is 6.06. The molecule has 0 saturated heterocycles. The quantitative estimate of drug-likeness (QED) is 0.570. The van der Waals surface area contributed by atoms with Crippen molar-refractivity contribution in [3.8, 4) is 0 Å². The predicted molar refractivity (Wildman–Crippen MR) is 89.2 cm³/mol. The van der Waals surface area contributed by atoms with E-state index in [1.165, 1.54) is 0 Å². The second-order valence-corrected chi connectivity index (χ2v) is 9.21. The van der Waals surface area contributed by atoms with E-state index in [9.17, 15) is 14.4 Å². The topological polar surface area (TPSA) is 69.7 Å². The summed E-state index contributed by atoms with van der Waals surface area (Å²) in [5, 5.41) is 0. The van der Waals surface area contributed by atoms with Crippen LogP contribution in [0.1, 0.15) is 73.6 Å². The van der Waals surface area contributed by atoms with Crippen LogP contribution in [0.15, 0.2) is 0 Å². The molecule has 136 valence electrons. The van der Waals surface area contributed by atoms with Gasteiger partial charge in [-0.3, -0.25) is 14.4 Å². The molecule has 2 fully saturated rings. The summed E-state index contributed by atoms with van der Waals surface area (Å²) >= 11 is 0. The summed E-state index contributed by atoms with van der Waals surface area (Å²) in [4.78, 5) is 38.2. The Hall–Kier alpha value is -1.39. The molecule has 2 rings (SSSR count). The molecule has 2 bridgehead atoms. The van der Waals surface area contributed by atoms with Crippen molar-refractivity contribution in [3.05, 3.63) is 0 Å². The Kier molecular flexibility index (Phi) is 4.86. The summed E-state index contributed by atoms with van der Waals surface area (Å²) in [6.07, 6.45) is 2.72. The van der Waals surface area contributed by atoms with Crippen molar-refractivity contribution in [2.24, 2.45) is 17.3 Å². The lowest BCUT2D eigenvalue weighted by Gasteiger charge is -2.45. The number of carbonyl (C=O) groups is 3. The van der Waals surface area contributed by atoms with Gasteiger partial charge in [-0.2, -0.15) is 0 Å². The van der Waals surface area contributed by atoms with Gasteiger partial charge in [-0.1, -0.05) is 6.42 Å². The lowest BCUT2D eigenvalue weighted by molar-refractivity contribution is -0.181. The van der Waals surface area contributed by atoms with E-state index >= 15 is 0 Å². The number of carbonyl (C=O) groups excluding carboxylic acids is 3. The molecule has 0 aromatic rings. The molecule has 0 radical (unpaired) electrons. The van der Waals surface area contributed by atoms with E-state index in [4.69, 9.17) is 9.47 Å². The van der Waals surface area contributed by atoms with Crippen molar-refractivity contribution in [2.45, 2.75) is 84.8 Å². The molecule has 0 N–H and O–H groups in total. The Labute approximate surface area is 144 Å². The first-order chi connectivity index (χ1) is 10.8. The lowest BCUT2D eigenvalue weighted by Crippen LogP contribution is -2.54. The SMILES string of the molecule is CC(C)(C)OC(=O)[C@@H]1C[C@@H]2CCC[C@](C(=O)OC(C)(C)C)(C1)C2=O. The van der Waals surface area contributed by atoms with Crippen LogP contribution < -0.4 is 0 Å². The summed E-state index contributed by atoms with van der Waals surface area (Å²) in [6, 6.07) is 0. The van der Waals surface area contributed by atoms with Gasteiger partial charge in [-0.15, -0.1) is 0 Å². The van der Waals surface area contributed by atoms with Gasteiger partial charge in [0.25, 0.3) is 0 Å². The summed E-state index contributed by atoms with van der Waals surface area (Å²) in [6.45, 7) is 10.8. The van der Waals surface area contributed by atoms with Gasteiger partial charge in [-0.05, 0) is 67.2 Å². The van der Waals surface area contributed by atoms with Gasteiger partial charge in [0.15, 0.2) is 5.78 Å². The van der Waals surface area contributed by atoms with Gasteiger partial charge in [0.2, 0.25) is 0 Å². The highest BCUT2D eigenvalue weighted by atomic mass is 16.6. The van der Waals surface area contributed by atoms with Gasteiger partial charge in [0, 0.05) is 5.92 Å². The number of rotatable bonds is 2. The van der Waals surface area contributed by atoms with Crippen LogP contribution in [0.25, 0.3) is 0 Å². The number of esters is 2. The predicted octanol–water partition coefficient (Wildman–Crippen LogP) is 3.44. The molecule has 0 aromatic heterocycles. The molecule has 0 amide bonds. The summed E-state index contributed by atoms with van der Waals surface area (Å²) in [7, 11) is 0. The third-order valence-corrected chi connectivity index (χ3v) is 4.69. The molecule has 0 aliphatic heterocycles. The maximum atomic E-state index is 12.9. The van der Waals surface area contributed by atoms with Crippen LogP contribution in [0.5, 0.6) is 0 Å². The molecule has 2 saturated carbocycles. The van der Waals surface area contributed by atoms with Crippen LogP contribution in [-0.2, 0) is 23.9 Å². The number of ketones is 1. The number of fused-ring (bicyclic) bond motifs is 2. The minimum absolute atomic E-state index is 0.0391. The second-order valence-electron chi connectivity index (χ2n) is 9.21. The van der Waals surface area contributed by atoms with E-state index in [0.717, 1.165) is 12.8 Å². The normalized spacial score (nSPS) is 30.7. The molecule has 0 unspecified atom stereocenters. The maximum Gasteiger partial charge on any atom is 0.320 e. The number of Topliss-reactive ketones (excluding diaryl/α,β-unsaturated/α-hetero) is 1. The van der Waals surface area contributed by atoms with Crippen molar-refractivity contribution in [2.75, 3.05) is 0 Å². The minimum Gasteiger partial charge on any atom is -0.460 e. The maximum absolute atomic E-state index is 12.9. The van der Waals surface area contributed by atoms with Crippen molar-refractivity contribution in [3.63, 3.8) is 0 Å². The molecule has 0 aromatic carbocycles. The van der Waals surface area contributed by atoms with Crippen LogP contribution >= 0.6 is 0 Å². The fourth-order valence-corrected chi connectivity index (χ4v) is 3.80. The zero-order valence-electron chi connectivity index (χ0n) is 15.7. The molecular weight excluding hydrogens is 308 g/mol. The molecule has 0 spiro atoms. The van der Waals surface area contributed by atoms with Crippen LogP contribution in [0.4, 0.5) is 0 Å². The highest BCUT2D eigenvalue weighted by Crippen LogP contribution is 2.50. The summed E-state index contributed by atoms with van der Waals surface area (Å²) in [5.41, 5.74) is -2.40. The Morgan fingerprint density at radius 1 is 1.04 bits per heavy atom. The molecule has 2 aliphatic carbocycles. The first kappa shape index (κ1) is 18.9. The van der Waals surface area contributed by atoms with Crippen molar-refractivity contribution in [1.29, 1.82) is 0 Å². The lowest BCUT2D eigenvalue weighted by atomic mass is 9.58. The van der Waals surface area contributed by atoms with Crippen LogP contribution in [0.2, 0.25) is 0 Å². The second kappa shape index (κ2) is 6.16. The number of ether oxygens (including phenoxy) is 2. The van der Waals surface area contributed by atoms with E-state index in [-0.39, 0.29) is 24.1 Å². The van der Waals surface area contributed by atoms with Crippen LogP contribution in [0, 0.1) is 17.3 Å². The van der Waals surface area contributed by atoms with E-state index in [2.05, 4.69) is 0 Å². The van der Waals surface area contributed by atoms with Gasteiger partial charge in [0.1, 0.15) is 16.6 Å². The van der Waals surface area contributed by atoms with Crippen molar-refractivity contribution < 1.29 is 23.9 Å². The van der Waals surface area contributed by atoms with Gasteiger partial charge < -0.3 is 9.47 Å². The molecular formula is C19H30O5. The first-order valence-electron chi connectivity index (χ1n) is 8.85. The Morgan fingerprint density at radius 3 is 2.17 bits per heavy atom. The third kappa shape index (κ3) is 3.98. The molecule has 0 heterocycles. The summed E-state index contributed by atoms with van der Waals surface area (Å²) < 4.78 is 11.0. The molecule has 3 atom stereocenters. The highest BCUT2D eigenvalue weighted by Gasteiger charge is 2.58. The van der Waals surface area contributed by atoms with Crippen LogP contribution in [-0.4, -0.2) is 28.9 Å². The Balaban J connectivity index is 2.26. The Morgan fingerprint density at radius 2 is 1.62 bits per heavy atom. The molecule has 2 aliphatic rings. The van der Waals surface area contributed by atoms with Crippen molar-refractivity contribution >= 4 is 17.7 Å². The third-order valence-electron chi connectivity index (χ3n) is 4.69. The van der Waals surface area contributed by atoms with Crippen LogP contribution in [0.3, 0.4) is 0 Å². The Bertz CT molecular complexity index is 537. The van der Waals surface area contributed by atoms with E-state index < -0.39 is 28.5 Å². The zero-order valence-corrected chi connectivity index (χ0v) is 15.7. The molecule has 24 heavy (non-hydrogen) atoms. The van der Waals surface area contributed by atoms with E-state index in [0.29, 0.717) is 12.8 Å². The number of hydrogen-bond donors (Lipinski definition) is 0. The molecule has 5 nitrogen and oxygen atoms in total. The van der Waals surface area contributed by atoms with Gasteiger partial charge in [-0.25, -0.2) is 0 Å². The van der Waals surface area contributed by atoms with Gasteiger partial charge in [0.05, 0.1) is 5.92 Å². The monoisotopic (exact) mass is 338 g/mol. The molecule has 5 heteroatoms. The standard InChI is InChI=1S/C19H30O5/c1-17(2,3)23-15(21)13-10-12-8-7-9-19(11-13,14(12)20)16(22)24-18(4,5)6/h12-13H,7-11H2,1-6H3/t12-,13+,19-/m0/s1. The average molecular weight is 338 g/mol. The number of hydrogen-bond acceptors (Lipinski definition) is 5. The summed E-state index contributed by atoms with van der Waals surface area (Å²) in [5.74, 6) is -1.48. The smallest absolute Gasteiger partial charge is 0.320 e. The van der Waals surface area contributed by atoms with E-state index in [1.54, 1.807) is 20.8 Å². The zero-order chi connectivity index (χ0) is 18.3.